The highest BCUT2D eigenvalue weighted by atomic mass is 16.5. The van der Waals surface area contributed by atoms with E-state index in [2.05, 4.69) is 15.5 Å². The summed E-state index contributed by atoms with van der Waals surface area (Å²) in [7, 11) is 0. The van der Waals surface area contributed by atoms with E-state index < -0.39 is 36.8 Å². The molecule has 0 spiro atoms. The van der Waals surface area contributed by atoms with Crippen LogP contribution in [0, 0.1) is 0 Å². The monoisotopic (exact) mass is 442 g/mol. The van der Waals surface area contributed by atoms with Gasteiger partial charge in [-0.3, -0.25) is 24.1 Å². The Labute approximate surface area is 188 Å². The number of nitrogens with one attached hydrogen (secondary N) is 1. The molecule has 0 atom stereocenters. The van der Waals surface area contributed by atoms with Gasteiger partial charge in [0.1, 0.15) is 6.54 Å². The molecule has 1 aliphatic rings. The molecule has 1 heterocycles. The molecule has 9 heteroatoms. The molecule has 9 nitrogen and oxygen atoms in total. The Morgan fingerprint density at radius 3 is 1.91 bits per heavy atom. The first-order valence-electron chi connectivity index (χ1n) is 9.99. The second kappa shape index (κ2) is 9.65. The standard InChI is InChI=1S/C24H18N4O5/c29-21(25-16-10-12-18(13-11-16)27-26-17-6-2-1-3-7-17)15-33-22(30)14-28-23(31)19-8-4-5-9-20(19)24(28)32/h1-13H,14-15H2,(H,25,29). The van der Waals surface area contributed by atoms with Crippen molar-refractivity contribution in [3.63, 3.8) is 0 Å². The fraction of sp³-hybridized carbons (Fsp3) is 0.0833. The van der Waals surface area contributed by atoms with Crippen LogP contribution in [0.25, 0.3) is 0 Å². The van der Waals surface area contributed by atoms with Crippen molar-refractivity contribution in [3.05, 3.63) is 90.0 Å². The second-order valence-electron chi connectivity index (χ2n) is 7.03. The molecular weight excluding hydrogens is 424 g/mol. The number of hydrogen-bond acceptors (Lipinski definition) is 7. The van der Waals surface area contributed by atoms with Gasteiger partial charge in [0.2, 0.25) is 0 Å². The molecule has 164 valence electrons. The summed E-state index contributed by atoms with van der Waals surface area (Å²) in [6, 6.07) is 22.2. The Morgan fingerprint density at radius 2 is 1.30 bits per heavy atom. The summed E-state index contributed by atoms with van der Waals surface area (Å²) in [5, 5.41) is 10.8. The van der Waals surface area contributed by atoms with E-state index in [0.29, 0.717) is 11.4 Å². The van der Waals surface area contributed by atoms with E-state index in [1.54, 1.807) is 36.4 Å². The number of hydrogen-bond donors (Lipinski definition) is 1. The number of carbonyl (C=O) groups is 4. The Morgan fingerprint density at radius 1 is 0.758 bits per heavy atom. The molecule has 0 aromatic heterocycles. The van der Waals surface area contributed by atoms with Gasteiger partial charge in [-0.15, -0.1) is 0 Å². The van der Waals surface area contributed by atoms with Crippen LogP contribution < -0.4 is 5.32 Å². The minimum absolute atomic E-state index is 0.236. The largest absolute Gasteiger partial charge is 0.454 e. The lowest BCUT2D eigenvalue weighted by molar-refractivity contribution is -0.147. The molecule has 3 amide bonds. The third-order valence-electron chi connectivity index (χ3n) is 4.72. The molecule has 3 aromatic carbocycles. The maximum Gasteiger partial charge on any atom is 0.326 e. The molecule has 0 unspecified atom stereocenters. The number of carbonyl (C=O) groups excluding carboxylic acids is 4. The van der Waals surface area contributed by atoms with Gasteiger partial charge in [0.25, 0.3) is 17.7 Å². The minimum atomic E-state index is -0.865. The smallest absolute Gasteiger partial charge is 0.326 e. The van der Waals surface area contributed by atoms with Crippen molar-refractivity contribution >= 4 is 40.8 Å². The number of azo groups is 1. The lowest BCUT2D eigenvalue weighted by atomic mass is 10.1. The first-order valence-corrected chi connectivity index (χ1v) is 9.99. The van der Waals surface area contributed by atoms with Crippen LogP contribution in [0.2, 0.25) is 0 Å². The lowest BCUT2D eigenvalue weighted by Crippen LogP contribution is -2.36. The van der Waals surface area contributed by atoms with E-state index in [-0.39, 0.29) is 11.1 Å². The third-order valence-corrected chi connectivity index (χ3v) is 4.72. The van der Waals surface area contributed by atoms with Crippen LogP contribution in [-0.2, 0) is 14.3 Å². The van der Waals surface area contributed by atoms with E-state index in [9.17, 15) is 19.2 Å². The van der Waals surface area contributed by atoms with Gasteiger partial charge in [-0.2, -0.15) is 10.2 Å². The zero-order valence-corrected chi connectivity index (χ0v) is 17.3. The Balaban J connectivity index is 1.25. The highest BCUT2D eigenvalue weighted by Gasteiger charge is 2.36. The van der Waals surface area contributed by atoms with Crippen molar-refractivity contribution in [2.24, 2.45) is 10.2 Å². The van der Waals surface area contributed by atoms with E-state index in [1.165, 1.54) is 12.1 Å². The van der Waals surface area contributed by atoms with Crippen molar-refractivity contribution in [2.75, 3.05) is 18.5 Å². The number of esters is 1. The number of fused-ring (bicyclic) bond motifs is 1. The number of rotatable bonds is 7. The molecule has 0 saturated heterocycles. The van der Waals surface area contributed by atoms with E-state index in [1.807, 2.05) is 30.3 Å². The molecule has 0 aliphatic carbocycles. The quantitative estimate of drug-likeness (QED) is 0.338. The van der Waals surface area contributed by atoms with Crippen LogP contribution in [-0.4, -0.2) is 41.7 Å². The average Bonchev–Trinajstić information content (AvgIpc) is 3.08. The summed E-state index contributed by atoms with van der Waals surface area (Å²) < 4.78 is 4.91. The van der Waals surface area contributed by atoms with Gasteiger partial charge in [0.05, 0.1) is 22.5 Å². The summed E-state index contributed by atoms with van der Waals surface area (Å²) in [6.07, 6.45) is 0. The fourth-order valence-electron chi connectivity index (χ4n) is 3.12. The van der Waals surface area contributed by atoms with E-state index in [4.69, 9.17) is 4.74 Å². The molecule has 0 saturated carbocycles. The second-order valence-corrected chi connectivity index (χ2v) is 7.03. The minimum Gasteiger partial charge on any atom is -0.454 e. The topological polar surface area (TPSA) is 118 Å². The molecule has 0 radical (unpaired) electrons. The van der Waals surface area contributed by atoms with Gasteiger partial charge < -0.3 is 10.1 Å². The Kier molecular flexibility index (Phi) is 6.31. The lowest BCUT2D eigenvalue weighted by Gasteiger charge is -2.13. The van der Waals surface area contributed by atoms with Crippen LogP contribution >= 0.6 is 0 Å². The number of nitrogens with zero attached hydrogens (tertiary/aromatic N) is 3. The van der Waals surface area contributed by atoms with Crippen molar-refractivity contribution in [3.8, 4) is 0 Å². The van der Waals surface area contributed by atoms with Crippen LogP contribution in [0.3, 0.4) is 0 Å². The van der Waals surface area contributed by atoms with Crippen molar-refractivity contribution in [1.29, 1.82) is 0 Å². The summed E-state index contributed by atoms with van der Waals surface area (Å²) >= 11 is 0. The highest BCUT2D eigenvalue weighted by molar-refractivity contribution is 6.22. The first kappa shape index (κ1) is 21.6. The summed E-state index contributed by atoms with van der Waals surface area (Å²) in [4.78, 5) is 49.5. The van der Waals surface area contributed by atoms with Gasteiger partial charge in [0, 0.05) is 5.69 Å². The maximum atomic E-state index is 12.3. The number of ether oxygens (including phenoxy) is 1. The molecule has 1 aliphatic heterocycles. The van der Waals surface area contributed by atoms with E-state index in [0.717, 1.165) is 10.6 Å². The molecular formula is C24H18N4O5. The first-order chi connectivity index (χ1) is 16.0. The third kappa shape index (κ3) is 5.16. The van der Waals surface area contributed by atoms with Gasteiger partial charge in [-0.25, -0.2) is 0 Å². The van der Waals surface area contributed by atoms with Crippen LogP contribution in [0.4, 0.5) is 17.1 Å². The molecule has 3 aromatic rings. The molecule has 0 fully saturated rings. The van der Waals surface area contributed by atoms with Crippen LogP contribution in [0.5, 0.6) is 0 Å². The zero-order valence-electron chi connectivity index (χ0n) is 17.3. The number of imide groups is 1. The van der Waals surface area contributed by atoms with Gasteiger partial charge in [0.15, 0.2) is 6.61 Å². The normalized spacial score (nSPS) is 12.7. The summed E-state index contributed by atoms with van der Waals surface area (Å²) in [5.41, 5.74) is 2.27. The van der Waals surface area contributed by atoms with Gasteiger partial charge in [-0.1, -0.05) is 30.3 Å². The van der Waals surface area contributed by atoms with E-state index >= 15 is 0 Å². The summed E-state index contributed by atoms with van der Waals surface area (Å²) in [6.45, 7) is -1.13. The summed E-state index contributed by atoms with van der Waals surface area (Å²) in [5.74, 6) is -2.57. The highest BCUT2D eigenvalue weighted by Crippen LogP contribution is 2.22. The zero-order chi connectivity index (χ0) is 23.2. The number of amides is 3. The molecule has 1 N–H and O–H groups in total. The van der Waals surface area contributed by atoms with Crippen LogP contribution in [0.1, 0.15) is 20.7 Å². The van der Waals surface area contributed by atoms with Crippen molar-refractivity contribution < 1.29 is 23.9 Å². The fourth-order valence-corrected chi connectivity index (χ4v) is 3.12. The van der Waals surface area contributed by atoms with Gasteiger partial charge in [-0.05, 0) is 48.5 Å². The Hall–Kier alpha value is -4.66. The SMILES string of the molecule is O=C(COC(=O)CN1C(=O)c2ccccc2C1=O)Nc1ccc(N=Nc2ccccc2)cc1. The number of anilines is 1. The van der Waals surface area contributed by atoms with Crippen molar-refractivity contribution in [2.45, 2.75) is 0 Å². The number of benzene rings is 3. The maximum absolute atomic E-state index is 12.3. The van der Waals surface area contributed by atoms with Crippen LogP contribution in [0.15, 0.2) is 89.1 Å². The average molecular weight is 442 g/mol. The predicted molar refractivity (Wildman–Crippen MR) is 118 cm³/mol. The molecule has 0 bridgehead atoms. The molecule has 33 heavy (non-hydrogen) atoms. The van der Waals surface area contributed by atoms with Gasteiger partial charge >= 0.3 is 5.97 Å². The van der Waals surface area contributed by atoms with Crippen molar-refractivity contribution in [1.82, 2.24) is 4.90 Å². The molecule has 4 rings (SSSR count). The predicted octanol–water partition coefficient (Wildman–Crippen LogP) is 3.88. The Bertz CT molecular complexity index is 1200.